The van der Waals surface area contributed by atoms with Gasteiger partial charge in [0, 0.05) is 18.8 Å². The number of esters is 1. The van der Waals surface area contributed by atoms with E-state index in [2.05, 4.69) is 5.32 Å². The maximum absolute atomic E-state index is 13.2. The van der Waals surface area contributed by atoms with Crippen LogP contribution in [0, 0.1) is 11.3 Å². The van der Waals surface area contributed by atoms with Gasteiger partial charge in [-0.1, -0.05) is 12.8 Å². The zero-order chi connectivity index (χ0) is 23.8. The SMILES string of the molecule is COc1ccc(C(=O)OCC(=O)Nc2ccc(C#N)cc2)cc1S(=O)(=O)N1CCCCCC1. The first-order valence-corrected chi connectivity index (χ1v) is 11.9. The van der Waals surface area contributed by atoms with E-state index in [1.165, 1.54) is 29.6 Å². The summed E-state index contributed by atoms with van der Waals surface area (Å²) in [4.78, 5) is 24.5. The van der Waals surface area contributed by atoms with Crippen LogP contribution in [0.4, 0.5) is 5.69 Å². The second kappa shape index (κ2) is 10.9. The van der Waals surface area contributed by atoms with Crippen molar-refractivity contribution < 1.29 is 27.5 Å². The number of sulfonamides is 1. The zero-order valence-corrected chi connectivity index (χ0v) is 19.1. The van der Waals surface area contributed by atoms with Gasteiger partial charge in [-0.2, -0.15) is 9.57 Å². The van der Waals surface area contributed by atoms with Crippen molar-refractivity contribution in [2.24, 2.45) is 0 Å². The Kier molecular flexibility index (Phi) is 8.03. The summed E-state index contributed by atoms with van der Waals surface area (Å²) in [7, 11) is -2.50. The van der Waals surface area contributed by atoms with Gasteiger partial charge in [-0.3, -0.25) is 4.79 Å². The molecule has 1 amide bonds. The van der Waals surface area contributed by atoms with Gasteiger partial charge in [-0.15, -0.1) is 0 Å². The van der Waals surface area contributed by atoms with Crippen LogP contribution in [0.2, 0.25) is 0 Å². The molecule has 0 radical (unpaired) electrons. The Bertz CT molecular complexity index is 1150. The molecule has 0 aromatic heterocycles. The average molecular weight is 472 g/mol. The van der Waals surface area contributed by atoms with Crippen molar-refractivity contribution in [3.8, 4) is 11.8 Å². The number of carbonyl (C=O) groups is 2. The molecule has 9 nitrogen and oxygen atoms in total. The first kappa shape index (κ1) is 24.2. The number of ether oxygens (including phenoxy) is 2. The number of carbonyl (C=O) groups excluding carboxylic acids is 2. The van der Waals surface area contributed by atoms with E-state index in [0.29, 0.717) is 24.3 Å². The lowest BCUT2D eigenvalue weighted by Crippen LogP contribution is -2.32. The number of anilines is 1. The summed E-state index contributed by atoms with van der Waals surface area (Å²) in [5.41, 5.74) is 0.894. The number of nitrogens with one attached hydrogen (secondary N) is 1. The second-order valence-electron chi connectivity index (χ2n) is 7.50. The molecular formula is C23H25N3O6S. The van der Waals surface area contributed by atoms with Crippen molar-refractivity contribution in [3.63, 3.8) is 0 Å². The van der Waals surface area contributed by atoms with Gasteiger partial charge < -0.3 is 14.8 Å². The van der Waals surface area contributed by atoms with Crippen LogP contribution < -0.4 is 10.1 Å². The molecule has 10 heteroatoms. The van der Waals surface area contributed by atoms with Crippen LogP contribution in [0.25, 0.3) is 0 Å². The standard InChI is InChI=1S/C23H25N3O6S/c1-31-20-11-8-18(14-21(20)33(29,30)26-12-4-2-3-5-13-26)23(28)32-16-22(27)25-19-9-6-17(15-24)7-10-19/h6-11,14H,2-5,12-13,16H2,1H3,(H,25,27). The van der Waals surface area contributed by atoms with Crippen LogP contribution in [-0.2, 0) is 19.6 Å². The summed E-state index contributed by atoms with van der Waals surface area (Å²) in [6.45, 7) is 0.268. The van der Waals surface area contributed by atoms with Gasteiger partial charge >= 0.3 is 5.97 Å². The third kappa shape index (κ3) is 6.09. The maximum atomic E-state index is 13.2. The fraction of sp³-hybridized carbons (Fsp3) is 0.348. The van der Waals surface area contributed by atoms with E-state index in [1.54, 1.807) is 24.3 Å². The molecule has 1 aliphatic rings. The smallest absolute Gasteiger partial charge is 0.338 e. The number of benzene rings is 2. The minimum atomic E-state index is -3.86. The van der Waals surface area contributed by atoms with Crippen LogP contribution in [0.5, 0.6) is 5.75 Å². The molecular weight excluding hydrogens is 446 g/mol. The van der Waals surface area contributed by atoms with Gasteiger partial charge in [0.1, 0.15) is 10.6 Å². The van der Waals surface area contributed by atoms with Crippen LogP contribution in [0.3, 0.4) is 0 Å². The van der Waals surface area contributed by atoms with Crippen LogP contribution in [0.1, 0.15) is 41.6 Å². The molecule has 0 aliphatic carbocycles. The predicted octanol–water partition coefficient (Wildman–Crippen LogP) is 2.93. The van der Waals surface area contributed by atoms with E-state index < -0.39 is 28.5 Å². The third-order valence-electron chi connectivity index (χ3n) is 5.21. The fourth-order valence-electron chi connectivity index (χ4n) is 3.47. The molecule has 2 aromatic rings. The van der Waals surface area contributed by atoms with E-state index in [0.717, 1.165) is 25.7 Å². The van der Waals surface area contributed by atoms with Crippen LogP contribution in [0.15, 0.2) is 47.4 Å². The quantitative estimate of drug-likeness (QED) is 0.615. The largest absolute Gasteiger partial charge is 0.495 e. The lowest BCUT2D eigenvalue weighted by atomic mass is 10.2. The molecule has 1 aliphatic heterocycles. The highest BCUT2D eigenvalue weighted by Gasteiger charge is 2.29. The first-order chi connectivity index (χ1) is 15.8. The van der Waals surface area contributed by atoms with Crippen molar-refractivity contribution in [2.45, 2.75) is 30.6 Å². The molecule has 174 valence electrons. The number of nitriles is 1. The Morgan fingerprint density at radius 3 is 2.33 bits per heavy atom. The number of methoxy groups -OCH3 is 1. The predicted molar refractivity (Wildman–Crippen MR) is 120 cm³/mol. The highest BCUT2D eigenvalue weighted by Crippen LogP contribution is 2.29. The van der Waals surface area contributed by atoms with Crippen molar-refractivity contribution in [1.29, 1.82) is 5.26 Å². The minimum Gasteiger partial charge on any atom is -0.495 e. The Balaban J connectivity index is 1.70. The monoisotopic (exact) mass is 471 g/mol. The maximum Gasteiger partial charge on any atom is 0.338 e. The van der Waals surface area contributed by atoms with E-state index in [4.69, 9.17) is 14.7 Å². The summed E-state index contributed by atoms with van der Waals surface area (Å²) in [5, 5.41) is 11.4. The van der Waals surface area contributed by atoms with Crippen LogP contribution in [-0.4, -0.2) is 51.4 Å². The lowest BCUT2D eigenvalue weighted by molar-refractivity contribution is -0.119. The minimum absolute atomic E-state index is 0.00429. The van der Waals surface area contributed by atoms with Gasteiger partial charge in [-0.05, 0) is 55.3 Å². The molecule has 1 heterocycles. The molecule has 0 bridgehead atoms. The second-order valence-corrected chi connectivity index (χ2v) is 9.40. The highest BCUT2D eigenvalue weighted by atomic mass is 32.2. The Labute approximate surface area is 193 Å². The Hall–Kier alpha value is -3.42. The number of rotatable bonds is 7. The molecule has 0 saturated carbocycles. The van der Waals surface area contributed by atoms with E-state index in [1.807, 2.05) is 6.07 Å². The van der Waals surface area contributed by atoms with Gasteiger partial charge in [0.25, 0.3) is 5.91 Å². The molecule has 1 N–H and O–H groups in total. The topological polar surface area (TPSA) is 126 Å². The number of nitrogens with zero attached hydrogens (tertiary/aromatic N) is 2. The summed E-state index contributed by atoms with van der Waals surface area (Å²) < 4.78 is 38.1. The molecule has 0 atom stereocenters. The van der Waals surface area contributed by atoms with E-state index >= 15 is 0 Å². The Morgan fingerprint density at radius 1 is 1.06 bits per heavy atom. The summed E-state index contributed by atoms with van der Waals surface area (Å²) >= 11 is 0. The number of hydrogen-bond acceptors (Lipinski definition) is 7. The fourth-order valence-corrected chi connectivity index (χ4v) is 5.16. The van der Waals surface area contributed by atoms with Crippen molar-refractivity contribution in [3.05, 3.63) is 53.6 Å². The molecule has 1 fully saturated rings. The molecule has 0 spiro atoms. The van der Waals surface area contributed by atoms with Crippen molar-refractivity contribution >= 4 is 27.6 Å². The van der Waals surface area contributed by atoms with Gasteiger partial charge in [0.2, 0.25) is 10.0 Å². The lowest BCUT2D eigenvalue weighted by Gasteiger charge is -2.21. The molecule has 33 heavy (non-hydrogen) atoms. The van der Waals surface area contributed by atoms with Crippen molar-refractivity contribution in [2.75, 3.05) is 32.1 Å². The number of amides is 1. The summed E-state index contributed by atoms with van der Waals surface area (Å²) in [6.07, 6.45) is 3.50. The first-order valence-electron chi connectivity index (χ1n) is 10.5. The normalized spacial score (nSPS) is 14.5. The number of hydrogen-bond donors (Lipinski definition) is 1. The molecule has 0 unspecified atom stereocenters. The Morgan fingerprint density at radius 2 is 1.73 bits per heavy atom. The third-order valence-corrected chi connectivity index (χ3v) is 7.13. The van der Waals surface area contributed by atoms with Gasteiger partial charge in [-0.25, -0.2) is 13.2 Å². The van der Waals surface area contributed by atoms with Crippen LogP contribution >= 0.6 is 0 Å². The van der Waals surface area contributed by atoms with E-state index in [9.17, 15) is 18.0 Å². The summed E-state index contributed by atoms with van der Waals surface area (Å²) in [6, 6.07) is 12.2. The molecule has 2 aromatic carbocycles. The molecule has 1 saturated heterocycles. The van der Waals surface area contributed by atoms with Gasteiger partial charge in [0.15, 0.2) is 6.61 Å². The van der Waals surface area contributed by atoms with Crippen molar-refractivity contribution in [1.82, 2.24) is 4.31 Å². The summed E-state index contributed by atoms with van der Waals surface area (Å²) in [5.74, 6) is -1.27. The molecule has 3 rings (SSSR count). The highest BCUT2D eigenvalue weighted by molar-refractivity contribution is 7.89. The average Bonchev–Trinajstić information content (AvgIpc) is 3.13. The van der Waals surface area contributed by atoms with E-state index in [-0.39, 0.29) is 16.2 Å². The zero-order valence-electron chi connectivity index (χ0n) is 18.2. The van der Waals surface area contributed by atoms with Gasteiger partial charge in [0.05, 0.1) is 24.3 Å².